The van der Waals surface area contributed by atoms with E-state index in [-0.39, 0.29) is 11.3 Å². The highest BCUT2D eigenvalue weighted by atomic mass is 16.5. The highest BCUT2D eigenvalue weighted by molar-refractivity contribution is 6.51. The summed E-state index contributed by atoms with van der Waals surface area (Å²) < 4.78 is 5.71. The van der Waals surface area contributed by atoms with E-state index in [1.165, 1.54) is 4.90 Å². The Kier molecular flexibility index (Phi) is 6.06. The summed E-state index contributed by atoms with van der Waals surface area (Å²) in [4.78, 5) is 28.2. The number of Topliss-reactive ketones (excluding diaryl/α,β-unsaturated/α-hetero) is 1. The van der Waals surface area contributed by atoms with E-state index in [1.807, 2.05) is 85.8 Å². The van der Waals surface area contributed by atoms with Crippen molar-refractivity contribution in [2.75, 3.05) is 11.5 Å². The molecule has 1 fully saturated rings. The van der Waals surface area contributed by atoms with Crippen molar-refractivity contribution in [3.05, 3.63) is 114 Å². The predicted octanol–water partition coefficient (Wildman–Crippen LogP) is 6.25. The second-order valence-corrected chi connectivity index (χ2v) is 8.45. The number of carbonyl (C=O) groups is 2. The summed E-state index contributed by atoms with van der Waals surface area (Å²) >= 11 is 0. The van der Waals surface area contributed by atoms with Crippen molar-refractivity contribution in [2.24, 2.45) is 0 Å². The molecular formula is C30H25NO4. The Morgan fingerprint density at radius 1 is 0.857 bits per heavy atom. The first kappa shape index (κ1) is 22.4. The first-order chi connectivity index (χ1) is 17.1. The minimum Gasteiger partial charge on any atom is -0.507 e. The van der Waals surface area contributed by atoms with Crippen molar-refractivity contribution in [3.63, 3.8) is 0 Å². The van der Waals surface area contributed by atoms with Crippen LogP contribution in [-0.4, -0.2) is 23.4 Å². The van der Waals surface area contributed by atoms with Crippen LogP contribution in [0.5, 0.6) is 5.75 Å². The Bertz CT molecular complexity index is 1420. The molecule has 174 valence electrons. The zero-order chi connectivity index (χ0) is 24.4. The van der Waals surface area contributed by atoms with Crippen molar-refractivity contribution < 1.29 is 19.4 Å². The van der Waals surface area contributed by atoms with E-state index in [2.05, 4.69) is 0 Å². The highest BCUT2D eigenvalue weighted by Crippen LogP contribution is 2.43. The number of carbonyl (C=O) groups excluding carboxylic acids is 2. The van der Waals surface area contributed by atoms with Gasteiger partial charge >= 0.3 is 0 Å². The number of rotatable bonds is 6. The molecule has 4 aromatic carbocycles. The average Bonchev–Trinajstić information content (AvgIpc) is 3.17. The second-order valence-electron chi connectivity index (χ2n) is 8.45. The Hall–Kier alpha value is -4.38. The predicted molar refractivity (Wildman–Crippen MR) is 137 cm³/mol. The van der Waals surface area contributed by atoms with Crippen molar-refractivity contribution in [1.29, 1.82) is 0 Å². The molecule has 0 aromatic heterocycles. The summed E-state index contributed by atoms with van der Waals surface area (Å²) in [7, 11) is 0. The SMILES string of the molecule is CCCOc1ccc(C2/C(=C(/O)c3cccc4ccccc34)C(=O)C(=O)N2c2ccccc2)cc1. The standard InChI is InChI=1S/C30H25NO4/c1-2-19-35-23-17-15-21(16-18-23)27-26(29(33)30(34)31(27)22-11-4-3-5-12-22)28(32)25-14-8-10-20-9-6-7-13-24(20)25/h3-18,27,32H,2,19H2,1H3/b28-26-. The molecule has 35 heavy (non-hydrogen) atoms. The number of benzene rings is 4. The molecule has 5 rings (SSSR count). The van der Waals surface area contributed by atoms with Crippen molar-refractivity contribution in [3.8, 4) is 5.75 Å². The van der Waals surface area contributed by atoms with Gasteiger partial charge in [0.2, 0.25) is 0 Å². The maximum atomic E-state index is 13.4. The topological polar surface area (TPSA) is 66.8 Å². The molecule has 1 aliphatic heterocycles. The van der Waals surface area contributed by atoms with Crippen LogP contribution in [0.25, 0.3) is 16.5 Å². The molecule has 0 saturated carbocycles. The van der Waals surface area contributed by atoms with Gasteiger partial charge in [0.25, 0.3) is 11.7 Å². The van der Waals surface area contributed by atoms with Gasteiger partial charge in [0.15, 0.2) is 0 Å². The number of ketones is 1. The molecule has 1 N–H and O–H groups in total. The number of aliphatic hydroxyl groups excluding tert-OH is 1. The fourth-order valence-corrected chi connectivity index (χ4v) is 4.55. The number of fused-ring (bicyclic) bond motifs is 1. The number of aliphatic hydroxyl groups is 1. The Balaban J connectivity index is 1.70. The van der Waals surface area contributed by atoms with Gasteiger partial charge in [-0.3, -0.25) is 14.5 Å². The van der Waals surface area contributed by atoms with Gasteiger partial charge in [-0.25, -0.2) is 0 Å². The number of hydrogen-bond donors (Lipinski definition) is 1. The molecular weight excluding hydrogens is 438 g/mol. The zero-order valence-electron chi connectivity index (χ0n) is 19.3. The van der Waals surface area contributed by atoms with E-state index in [0.717, 1.165) is 17.2 Å². The fraction of sp³-hybridized carbons (Fsp3) is 0.133. The number of nitrogens with zero attached hydrogens (tertiary/aromatic N) is 1. The van der Waals surface area contributed by atoms with Crippen LogP contribution in [-0.2, 0) is 9.59 Å². The molecule has 1 heterocycles. The highest BCUT2D eigenvalue weighted by Gasteiger charge is 2.47. The molecule has 5 nitrogen and oxygen atoms in total. The third-order valence-electron chi connectivity index (χ3n) is 6.19. The molecule has 5 heteroatoms. The number of ether oxygens (including phenoxy) is 1. The average molecular weight is 464 g/mol. The van der Waals surface area contributed by atoms with Gasteiger partial charge in [-0.15, -0.1) is 0 Å². The quantitative estimate of drug-likeness (QED) is 0.208. The zero-order valence-corrected chi connectivity index (χ0v) is 19.3. The van der Waals surface area contributed by atoms with Crippen LogP contribution in [0.2, 0.25) is 0 Å². The summed E-state index contributed by atoms with van der Waals surface area (Å²) in [5, 5.41) is 13.3. The van der Waals surface area contributed by atoms with E-state index in [4.69, 9.17) is 4.74 Å². The Labute approximate surface area is 203 Å². The largest absolute Gasteiger partial charge is 0.507 e. The summed E-state index contributed by atoms with van der Waals surface area (Å²) in [6, 6.07) is 28.8. The molecule has 0 aliphatic carbocycles. The summed E-state index contributed by atoms with van der Waals surface area (Å²) in [6.45, 7) is 2.64. The molecule has 1 atom stereocenters. The van der Waals surface area contributed by atoms with Gasteiger partial charge in [-0.1, -0.05) is 79.7 Å². The van der Waals surface area contributed by atoms with E-state index in [0.29, 0.717) is 29.2 Å². The molecule has 0 spiro atoms. The maximum Gasteiger partial charge on any atom is 0.300 e. The third kappa shape index (κ3) is 4.06. The molecule has 4 aromatic rings. The van der Waals surface area contributed by atoms with Crippen LogP contribution in [0.15, 0.2) is 103 Å². The van der Waals surface area contributed by atoms with Gasteiger partial charge in [-0.2, -0.15) is 0 Å². The van der Waals surface area contributed by atoms with Crippen LogP contribution in [0.3, 0.4) is 0 Å². The van der Waals surface area contributed by atoms with E-state index in [1.54, 1.807) is 18.2 Å². The lowest BCUT2D eigenvalue weighted by Crippen LogP contribution is -2.29. The van der Waals surface area contributed by atoms with Crippen molar-refractivity contribution in [1.82, 2.24) is 0 Å². The van der Waals surface area contributed by atoms with E-state index < -0.39 is 17.7 Å². The van der Waals surface area contributed by atoms with Gasteiger partial charge in [0.1, 0.15) is 11.5 Å². The molecule has 1 amide bonds. The normalized spacial score (nSPS) is 17.2. The van der Waals surface area contributed by atoms with Crippen molar-refractivity contribution in [2.45, 2.75) is 19.4 Å². The van der Waals surface area contributed by atoms with Crippen LogP contribution >= 0.6 is 0 Å². The van der Waals surface area contributed by atoms with E-state index >= 15 is 0 Å². The minimum atomic E-state index is -0.781. The minimum absolute atomic E-state index is 0.0671. The summed E-state index contributed by atoms with van der Waals surface area (Å²) in [6.07, 6.45) is 0.890. The molecule has 0 bridgehead atoms. The van der Waals surface area contributed by atoms with E-state index in [9.17, 15) is 14.7 Å². The lowest BCUT2D eigenvalue weighted by Gasteiger charge is -2.25. The van der Waals surface area contributed by atoms with Crippen LogP contribution in [0.1, 0.15) is 30.5 Å². The summed E-state index contributed by atoms with van der Waals surface area (Å²) in [5.74, 6) is -0.860. The fourth-order valence-electron chi connectivity index (χ4n) is 4.55. The van der Waals surface area contributed by atoms with Gasteiger partial charge in [-0.05, 0) is 47.0 Å². The number of amides is 1. The Morgan fingerprint density at radius 2 is 1.54 bits per heavy atom. The van der Waals surface area contributed by atoms with Gasteiger partial charge in [0, 0.05) is 11.3 Å². The molecule has 1 saturated heterocycles. The smallest absolute Gasteiger partial charge is 0.300 e. The van der Waals surface area contributed by atoms with Crippen LogP contribution in [0, 0.1) is 0 Å². The monoisotopic (exact) mass is 463 g/mol. The van der Waals surface area contributed by atoms with Crippen molar-refractivity contribution >= 4 is 33.9 Å². The molecule has 0 radical (unpaired) electrons. The third-order valence-corrected chi connectivity index (χ3v) is 6.19. The molecule has 1 unspecified atom stereocenters. The molecule has 1 aliphatic rings. The lowest BCUT2D eigenvalue weighted by molar-refractivity contribution is -0.132. The number of hydrogen-bond acceptors (Lipinski definition) is 4. The maximum absolute atomic E-state index is 13.4. The van der Waals surface area contributed by atoms with Crippen LogP contribution in [0.4, 0.5) is 5.69 Å². The van der Waals surface area contributed by atoms with Gasteiger partial charge in [0.05, 0.1) is 18.2 Å². The lowest BCUT2D eigenvalue weighted by atomic mass is 9.93. The van der Waals surface area contributed by atoms with Crippen LogP contribution < -0.4 is 9.64 Å². The second kappa shape index (κ2) is 9.47. The first-order valence-corrected chi connectivity index (χ1v) is 11.7. The number of para-hydroxylation sites is 1. The number of anilines is 1. The summed E-state index contributed by atoms with van der Waals surface area (Å²) in [5.41, 5.74) is 1.88. The van der Waals surface area contributed by atoms with Gasteiger partial charge < -0.3 is 9.84 Å². The Morgan fingerprint density at radius 3 is 2.29 bits per heavy atom. The first-order valence-electron chi connectivity index (χ1n) is 11.7.